The third-order valence-electron chi connectivity index (χ3n) is 4.89. The van der Waals surface area contributed by atoms with Gasteiger partial charge in [-0.25, -0.2) is 9.69 Å². The first-order chi connectivity index (χ1) is 14.8. The summed E-state index contributed by atoms with van der Waals surface area (Å²) >= 11 is 6.13. The number of rotatable bonds is 5. The van der Waals surface area contributed by atoms with Crippen molar-refractivity contribution < 1.29 is 23.9 Å². The van der Waals surface area contributed by atoms with Crippen LogP contribution in [0, 0.1) is 13.8 Å². The summed E-state index contributed by atoms with van der Waals surface area (Å²) in [6, 6.07) is 16.3. The van der Waals surface area contributed by atoms with Crippen molar-refractivity contribution in [3.05, 3.63) is 87.9 Å². The molecule has 6 nitrogen and oxygen atoms in total. The number of carbonyl (C=O) groups is 3. The van der Waals surface area contributed by atoms with Crippen LogP contribution in [0.15, 0.2) is 60.7 Å². The van der Waals surface area contributed by atoms with Crippen LogP contribution in [0.2, 0.25) is 5.02 Å². The molecule has 0 fully saturated rings. The number of halogens is 1. The highest BCUT2D eigenvalue weighted by Gasteiger charge is 2.36. The molecule has 3 aromatic rings. The minimum absolute atomic E-state index is 0.275. The van der Waals surface area contributed by atoms with Gasteiger partial charge in [-0.2, -0.15) is 0 Å². The Balaban J connectivity index is 1.40. The molecule has 156 valence electrons. The molecule has 3 aromatic carbocycles. The number of ether oxygens (including phenoxy) is 2. The zero-order valence-corrected chi connectivity index (χ0v) is 17.6. The highest BCUT2D eigenvalue weighted by molar-refractivity contribution is 6.34. The van der Waals surface area contributed by atoms with Crippen LogP contribution in [0.5, 0.6) is 11.5 Å². The first-order valence-electron chi connectivity index (χ1n) is 9.53. The molecule has 31 heavy (non-hydrogen) atoms. The van der Waals surface area contributed by atoms with Gasteiger partial charge < -0.3 is 9.47 Å². The van der Waals surface area contributed by atoms with Crippen molar-refractivity contribution in [3.8, 4) is 11.5 Å². The van der Waals surface area contributed by atoms with Gasteiger partial charge in [0.05, 0.1) is 16.8 Å². The van der Waals surface area contributed by atoms with Crippen LogP contribution in [0.4, 0.5) is 5.69 Å². The van der Waals surface area contributed by atoms with Crippen LogP contribution < -0.4 is 14.4 Å². The van der Waals surface area contributed by atoms with Gasteiger partial charge in [-0.05, 0) is 73.5 Å². The van der Waals surface area contributed by atoms with E-state index in [1.165, 1.54) is 12.1 Å². The Kier molecular flexibility index (Phi) is 5.48. The van der Waals surface area contributed by atoms with E-state index in [9.17, 15) is 14.4 Å². The number of anilines is 1. The number of esters is 1. The lowest BCUT2D eigenvalue weighted by Crippen LogP contribution is -2.29. The third kappa shape index (κ3) is 4.02. The van der Waals surface area contributed by atoms with Crippen LogP contribution in [0.25, 0.3) is 0 Å². The van der Waals surface area contributed by atoms with Crippen LogP contribution >= 0.6 is 11.6 Å². The molecule has 0 atom stereocenters. The Hall–Kier alpha value is -3.64. The van der Waals surface area contributed by atoms with Gasteiger partial charge in [0.1, 0.15) is 11.5 Å². The van der Waals surface area contributed by atoms with E-state index in [0.717, 1.165) is 16.0 Å². The summed E-state index contributed by atoms with van der Waals surface area (Å²) in [6.07, 6.45) is 0. The van der Waals surface area contributed by atoms with Gasteiger partial charge in [-0.15, -0.1) is 0 Å². The number of aryl methyl sites for hydroxylation is 2. The summed E-state index contributed by atoms with van der Waals surface area (Å²) < 4.78 is 10.8. The fraction of sp³-hybridized carbons (Fsp3) is 0.125. The summed E-state index contributed by atoms with van der Waals surface area (Å²) in [7, 11) is 0. The van der Waals surface area contributed by atoms with Crippen molar-refractivity contribution in [2.75, 3.05) is 11.5 Å². The van der Waals surface area contributed by atoms with Gasteiger partial charge in [0.15, 0.2) is 6.61 Å². The predicted octanol–water partition coefficient (Wildman–Crippen LogP) is 4.74. The molecule has 7 heteroatoms. The lowest BCUT2D eigenvalue weighted by molar-refractivity contribution is -0.136. The molecule has 0 spiro atoms. The van der Waals surface area contributed by atoms with Crippen LogP contribution in [0.3, 0.4) is 0 Å². The van der Waals surface area contributed by atoms with Crippen molar-refractivity contribution >= 4 is 35.1 Å². The number of nitrogens with zero attached hydrogens (tertiary/aromatic N) is 1. The second-order valence-corrected chi connectivity index (χ2v) is 7.50. The molecular weight excluding hydrogens is 418 g/mol. The molecule has 0 radical (unpaired) electrons. The molecular formula is C24H18ClNO5. The van der Waals surface area contributed by atoms with E-state index in [-0.39, 0.29) is 24.2 Å². The Bertz CT molecular complexity index is 1140. The van der Waals surface area contributed by atoms with E-state index in [0.29, 0.717) is 27.6 Å². The number of amides is 2. The Morgan fingerprint density at radius 1 is 0.871 bits per heavy atom. The van der Waals surface area contributed by atoms with Crippen LogP contribution in [-0.4, -0.2) is 24.4 Å². The monoisotopic (exact) mass is 435 g/mol. The van der Waals surface area contributed by atoms with E-state index in [2.05, 4.69) is 0 Å². The van der Waals surface area contributed by atoms with Gasteiger partial charge in [0.2, 0.25) is 0 Å². The lowest BCUT2D eigenvalue weighted by atomic mass is 10.1. The van der Waals surface area contributed by atoms with Gasteiger partial charge in [0.25, 0.3) is 11.8 Å². The second-order valence-electron chi connectivity index (χ2n) is 7.12. The maximum absolute atomic E-state index is 12.6. The van der Waals surface area contributed by atoms with Gasteiger partial charge in [0, 0.05) is 5.02 Å². The zero-order chi connectivity index (χ0) is 22.1. The Morgan fingerprint density at radius 2 is 1.42 bits per heavy atom. The third-order valence-corrected chi connectivity index (χ3v) is 5.48. The molecule has 1 aliphatic rings. The number of imide groups is 1. The standard InChI is InChI=1S/C24H18ClNO5/c1-14-11-18(12-15(2)22(14)25)30-13-21(27)31-17-9-7-16(8-10-17)26-23(28)19-5-3-4-6-20(19)24(26)29/h3-12H,13H2,1-2H3. The fourth-order valence-corrected chi connectivity index (χ4v) is 3.49. The van der Waals surface area contributed by atoms with Crippen molar-refractivity contribution in [2.45, 2.75) is 13.8 Å². The maximum Gasteiger partial charge on any atom is 0.349 e. The predicted molar refractivity (Wildman–Crippen MR) is 116 cm³/mol. The molecule has 0 saturated carbocycles. The first kappa shape index (κ1) is 20.6. The van der Waals surface area contributed by atoms with Crippen molar-refractivity contribution in [2.24, 2.45) is 0 Å². The summed E-state index contributed by atoms with van der Waals surface area (Å²) in [5.74, 6) is -0.548. The topological polar surface area (TPSA) is 72.9 Å². The first-order valence-corrected chi connectivity index (χ1v) is 9.91. The quantitative estimate of drug-likeness (QED) is 0.329. The van der Waals surface area contributed by atoms with Crippen molar-refractivity contribution in [3.63, 3.8) is 0 Å². The molecule has 4 rings (SSSR count). The number of hydrogen-bond donors (Lipinski definition) is 0. The minimum Gasteiger partial charge on any atom is -0.482 e. The normalized spacial score (nSPS) is 12.7. The number of hydrogen-bond acceptors (Lipinski definition) is 5. The minimum atomic E-state index is -0.585. The number of benzene rings is 3. The largest absolute Gasteiger partial charge is 0.482 e. The van der Waals surface area contributed by atoms with Crippen molar-refractivity contribution in [1.82, 2.24) is 0 Å². The van der Waals surface area contributed by atoms with E-state index in [1.54, 1.807) is 48.5 Å². The summed E-state index contributed by atoms with van der Waals surface area (Å²) in [5.41, 5.74) is 2.84. The SMILES string of the molecule is Cc1cc(OCC(=O)Oc2ccc(N3C(=O)c4ccccc4C3=O)cc2)cc(C)c1Cl. The smallest absolute Gasteiger partial charge is 0.349 e. The van der Waals surface area contributed by atoms with Gasteiger partial charge in [-0.1, -0.05) is 23.7 Å². The average molecular weight is 436 g/mol. The van der Waals surface area contributed by atoms with E-state index in [4.69, 9.17) is 21.1 Å². The van der Waals surface area contributed by atoms with Gasteiger partial charge in [-0.3, -0.25) is 9.59 Å². The molecule has 0 bridgehead atoms. The summed E-state index contributed by atoms with van der Waals surface area (Å²) in [4.78, 5) is 38.3. The molecule has 2 amide bonds. The zero-order valence-electron chi connectivity index (χ0n) is 16.8. The van der Waals surface area contributed by atoms with Crippen molar-refractivity contribution in [1.29, 1.82) is 0 Å². The fourth-order valence-electron chi connectivity index (χ4n) is 3.38. The Labute approximate surface area is 184 Å². The van der Waals surface area contributed by atoms with E-state index >= 15 is 0 Å². The van der Waals surface area contributed by atoms with Gasteiger partial charge >= 0.3 is 5.97 Å². The Morgan fingerprint density at radius 3 is 1.97 bits per heavy atom. The molecule has 0 aliphatic carbocycles. The maximum atomic E-state index is 12.6. The van der Waals surface area contributed by atoms with Crippen LogP contribution in [0.1, 0.15) is 31.8 Å². The summed E-state index contributed by atoms with van der Waals surface area (Å²) in [5, 5.41) is 0.660. The molecule has 0 unspecified atom stereocenters. The highest BCUT2D eigenvalue weighted by Crippen LogP contribution is 2.29. The van der Waals surface area contributed by atoms with Crippen LogP contribution in [-0.2, 0) is 4.79 Å². The molecule has 0 aromatic heterocycles. The highest BCUT2D eigenvalue weighted by atomic mass is 35.5. The molecule has 1 heterocycles. The average Bonchev–Trinajstić information content (AvgIpc) is 3.01. The molecule has 0 saturated heterocycles. The molecule has 0 N–H and O–H groups in total. The number of fused-ring (bicyclic) bond motifs is 1. The van der Waals surface area contributed by atoms with E-state index < -0.39 is 5.97 Å². The van der Waals surface area contributed by atoms with E-state index in [1.807, 2.05) is 13.8 Å². The number of carbonyl (C=O) groups excluding carboxylic acids is 3. The second kappa shape index (κ2) is 8.24. The molecule has 1 aliphatic heterocycles. The summed E-state index contributed by atoms with van der Waals surface area (Å²) in [6.45, 7) is 3.44. The lowest BCUT2D eigenvalue weighted by Gasteiger charge is -2.14.